The third kappa shape index (κ3) is 4.62. The predicted molar refractivity (Wildman–Crippen MR) is 170 cm³/mol. The second kappa shape index (κ2) is 11.9. The summed E-state index contributed by atoms with van der Waals surface area (Å²) in [5.41, 5.74) is -2.56. The number of esters is 1. The number of ketones is 1. The number of likely N-dealkylation sites (N-methyl/N-ethyl adjacent to an activating group) is 1. The van der Waals surface area contributed by atoms with Gasteiger partial charge in [0.15, 0.2) is 5.78 Å². The van der Waals surface area contributed by atoms with E-state index in [1.54, 1.807) is 20.3 Å². The first kappa shape index (κ1) is 32.7. The summed E-state index contributed by atoms with van der Waals surface area (Å²) in [5, 5.41) is 26.0. The fourth-order valence-electron chi connectivity index (χ4n) is 11.7. The van der Waals surface area contributed by atoms with Gasteiger partial charge in [-0.25, -0.2) is 4.79 Å². The number of carbonyl (C=O) groups excluding carboxylic acids is 2. The molecule has 254 valence electrons. The molecule has 7 rings (SSSR count). The number of carbonyl (C=O) groups is 2. The smallest absolute Gasteiger partial charge is 0.339 e. The van der Waals surface area contributed by atoms with Crippen molar-refractivity contribution in [2.75, 3.05) is 33.9 Å². The number of aliphatic hydroxyl groups is 2. The van der Waals surface area contributed by atoms with Crippen molar-refractivity contribution < 1.29 is 38.7 Å². The Labute approximate surface area is 273 Å². The van der Waals surface area contributed by atoms with Crippen LogP contribution in [0.4, 0.5) is 0 Å². The molecule has 0 amide bonds. The number of likely N-dealkylation sites (tertiary alicyclic amines) is 1. The molecule has 9 nitrogen and oxygen atoms in total. The van der Waals surface area contributed by atoms with Gasteiger partial charge in [0.2, 0.25) is 0 Å². The molecular formula is C37H53NO8. The van der Waals surface area contributed by atoms with E-state index >= 15 is 0 Å². The maximum atomic E-state index is 14.4. The molecule has 2 aliphatic heterocycles. The van der Waals surface area contributed by atoms with Crippen LogP contribution in [-0.4, -0.2) is 102 Å². The molecule has 2 heterocycles. The summed E-state index contributed by atoms with van der Waals surface area (Å²) >= 11 is 0. The monoisotopic (exact) mass is 639 g/mol. The molecule has 1 aromatic carbocycles. The second-order valence-corrected chi connectivity index (χ2v) is 15.5. The van der Waals surface area contributed by atoms with Crippen molar-refractivity contribution in [2.45, 2.75) is 113 Å². The van der Waals surface area contributed by atoms with Crippen LogP contribution < -0.4 is 0 Å². The van der Waals surface area contributed by atoms with Crippen molar-refractivity contribution in [1.82, 2.24) is 4.90 Å². The Kier molecular flexibility index (Phi) is 8.46. The molecule has 2 saturated heterocycles. The number of ether oxygens (including phenoxy) is 4. The summed E-state index contributed by atoms with van der Waals surface area (Å²) in [6.45, 7) is 8.35. The molecule has 4 saturated carbocycles. The Balaban J connectivity index is 1.31. The van der Waals surface area contributed by atoms with Crippen LogP contribution >= 0.6 is 0 Å². The van der Waals surface area contributed by atoms with Gasteiger partial charge in [-0.3, -0.25) is 9.69 Å². The Morgan fingerprint density at radius 1 is 1.04 bits per heavy atom. The first-order valence-corrected chi connectivity index (χ1v) is 17.7. The topological polar surface area (TPSA) is 115 Å². The fourth-order valence-corrected chi connectivity index (χ4v) is 11.7. The lowest BCUT2D eigenvalue weighted by Crippen LogP contribution is -2.72. The lowest BCUT2D eigenvalue weighted by atomic mass is 9.58. The summed E-state index contributed by atoms with van der Waals surface area (Å²) in [4.78, 5) is 29.9. The van der Waals surface area contributed by atoms with Crippen molar-refractivity contribution in [3.8, 4) is 0 Å². The fraction of sp³-hybridized carbons (Fsp3) is 0.784. The van der Waals surface area contributed by atoms with E-state index in [0.29, 0.717) is 56.4 Å². The van der Waals surface area contributed by atoms with E-state index in [1.165, 1.54) is 0 Å². The van der Waals surface area contributed by atoms with Gasteiger partial charge in [-0.05, 0) is 93.7 Å². The highest BCUT2D eigenvalue weighted by atomic mass is 16.6. The minimum Gasteiger partial charge on any atom is -0.454 e. The Morgan fingerprint density at radius 3 is 2.52 bits per heavy atom. The van der Waals surface area contributed by atoms with Crippen molar-refractivity contribution in [3.05, 3.63) is 35.4 Å². The minimum atomic E-state index is -1.44. The second-order valence-electron chi connectivity index (χ2n) is 15.5. The number of Topliss-reactive ketones (excluding diaryl/α,β-unsaturated/α-hetero) is 1. The zero-order valence-electron chi connectivity index (χ0n) is 28.2. The number of methoxy groups -OCH3 is 2. The first-order chi connectivity index (χ1) is 22.0. The molecule has 5 unspecified atom stereocenters. The number of rotatable bonds is 8. The van der Waals surface area contributed by atoms with Crippen molar-refractivity contribution in [3.63, 3.8) is 0 Å². The number of benzene rings is 1. The van der Waals surface area contributed by atoms with Crippen LogP contribution in [-0.2, 0) is 30.2 Å². The largest absolute Gasteiger partial charge is 0.454 e. The van der Waals surface area contributed by atoms with Crippen LogP contribution in [0, 0.1) is 35.5 Å². The van der Waals surface area contributed by atoms with Crippen molar-refractivity contribution in [1.29, 1.82) is 0 Å². The summed E-state index contributed by atoms with van der Waals surface area (Å²) in [6, 6.07) is 7.24. The van der Waals surface area contributed by atoms with E-state index in [2.05, 4.69) is 25.7 Å². The number of nitrogens with zero attached hydrogens (tertiary/aromatic N) is 1. The van der Waals surface area contributed by atoms with E-state index in [1.807, 2.05) is 18.2 Å². The van der Waals surface area contributed by atoms with E-state index < -0.39 is 35.0 Å². The predicted octanol–water partition coefficient (Wildman–Crippen LogP) is 3.81. The molecule has 46 heavy (non-hydrogen) atoms. The van der Waals surface area contributed by atoms with Crippen LogP contribution in [0.15, 0.2) is 24.3 Å². The molecule has 0 aromatic heterocycles. The molecular weight excluding hydrogens is 586 g/mol. The molecule has 1 aromatic rings. The zero-order chi connectivity index (χ0) is 32.6. The maximum absolute atomic E-state index is 14.4. The standard InChI is InChI=1S/C37H53NO8/c1-6-38-20-35(46-34(40)24-11-8-7-10-23(24)16-29(39)30-12-9-15-45-30)14-13-31(43-4)32-27(35)18-26(22(38)3)36(41)19-21(2)25-17-28(32)37(36,42)33(25)44-5/h7-8,10-11,21-22,25-28,30-33,41-42H,6,9,12-20H2,1-5H3/t21?,22-,25+,26-,27?,28?,30?,31-,32?,33-,35+,36-,37-/m0/s1. The van der Waals surface area contributed by atoms with Gasteiger partial charge >= 0.3 is 5.97 Å². The van der Waals surface area contributed by atoms with Gasteiger partial charge in [-0.2, -0.15) is 0 Å². The van der Waals surface area contributed by atoms with Gasteiger partial charge in [0, 0.05) is 51.7 Å². The third-order valence-corrected chi connectivity index (χ3v) is 13.8. The van der Waals surface area contributed by atoms with Crippen molar-refractivity contribution in [2.24, 2.45) is 35.5 Å². The normalized spacial score (nSPS) is 46.4. The molecule has 13 atom stereocenters. The number of hydrogen-bond acceptors (Lipinski definition) is 9. The lowest BCUT2D eigenvalue weighted by molar-refractivity contribution is -0.275. The average Bonchev–Trinajstić information content (AvgIpc) is 3.63. The highest BCUT2D eigenvalue weighted by Gasteiger charge is 2.77. The highest BCUT2D eigenvalue weighted by Crippen LogP contribution is 2.68. The SMILES string of the molecule is CCN1C[C@]2(OC(=O)c3ccccc3CC(=O)C3CCCO3)CC[C@H](OC)C3C2C[C@@H]([C@@H]1C)[C@@]1(O)CC(C)[C@H]2CC3[C@]1(O)[C@H]2OC. The Bertz CT molecular complexity index is 1330. The van der Waals surface area contributed by atoms with Gasteiger partial charge in [-0.15, -0.1) is 0 Å². The first-order valence-electron chi connectivity index (χ1n) is 17.7. The highest BCUT2D eigenvalue weighted by molar-refractivity contribution is 5.94. The summed E-state index contributed by atoms with van der Waals surface area (Å²) in [6.07, 6.45) is 3.89. The Morgan fingerprint density at radius 2 is 1.83 bits per heavy atom. The summed E-state index contributed by atoms with van der Waals surface area (Å²) < 4.78 is 24.9. The molecule has 0 spiro atoms. The number of hydrogen-bond donors (Lipinski definition) is 2. The average molecular weight is 640 g/mol. The molecule has 0 radical (unpaired) electrons. The number of fused-ring (bicyclic) bond motifs is 4. The molecule has 4 bridgehead atoms. The van der Waals surface area contributed by atoms with Gasteiger partial charge in [0.25, 0.3) is 0 Å². The third-order valence-electron chi connectivity index (χ3n) is 13.8. The minimum absolute atomic E-state index is 0.00520. The van der Waals surface area contributed by atoms with Crippen LogP contribution in [0.5, 0.6) is 0 Å². The lowest BCUT2D eigenvalue weighted by Gasteiger charge is -2.58. The molecule has 9 heteroatoms. The van der Waals surface area contributed by atoms with Gasteiger partial charge < -0.3 is 29.2 Å². The molecule has 6 aliphatic rings. The molecule has 6 fully saturated rings. The van der Waals surface area contributed by atoms with Crippen LogP contribution in [0.3, 0.4) is 0 Å². The maximum Gasteiger partial charge on any atom is 0.339 e. The van der Waals surface area contributed by atoms with Gasteiger partial charge in [0.1, 0.15) is 22.9 Å². The van der Waals surface area contributed by atoms with Gasteiger partial charge in [0.05, 0.1) is 17.8 Å². The van der Waals surface area contributed by atoms with E-state index in [0.717, 1.165) is 19.4 Å². The summed E-state index contributed by atoms with van der Waals surface area (Å²) in [7, 11) is 3.42. The van der Waals surface area contributed by atoms with E-state index in [4.69, 9.17) is 18.9 Å². The van der Waals surface area contributed by atoms with E-state index in [9.17, 15) is 19.8 Å². The zero-order valence-corrected chi connectivity index (χ0v) is 28.2. The van der Waals surface area contributed by atoms with Gasteiger partial charge in [-0.1, -0.05) is 32.0 Å². The molecule has 2 N–H and O–H groups in total. The quantitative estimate of drug-likeness (QED) is 0.410. The van der Waals surface area contributed by atoms with Crippen LogP contribution in [0.25, 0.3) is 0 Å². The van der Waals surface area contributed by atoms with Crippen LogP contribution in [0.1, 0.15) is 81.6 Å². The van der Waals surface area contributed by atoms with Crippen LogP contribution in [0.2, 0.25) is 0 Å². The van der Waals surface area contributed by atoms with E-state index in [-0.39, 0.29) is 59.9 Å². The molecule has 4 aliphatic carbocycles. The Hall–Kier alpha value is -1.88. The van der Waals surface area contributed by atoms with Crippen molar-refractivity contribution >= 4 is 11.8 Å². The summed E-state index contributed by atoms with van der Waals surface area (Å²) in [5.74, 6) is -0.854.